The van der Waals surface area contributed by atoms with Crippen molar-refractivity contribution in [2.24, 2.45) is 0 Å². The predicted molar refractivity (Wildman–Crippen MR) is 113 cm³/mol. The zero-order valence-corrected chi connectivity index (χ0v) is 15.8. The Bertz CT molecular complexity index is 1470. The van der Waals surface area contributed by atoms with Crippen molar-refractivity contribution in [3.63, 3.8) is 0 Å². The van der Waals surface area contributed by atoms with Crippen molar-refractivity contribution in [1.29, 1.82) is 0 Å². The summed E-state index contributed by atoms with van der Waals surface area (Å²) in [5.74, 6) is -0.404. The van der Waals surface area contributed by atoms with Crippen molar-refractivity contribution in [3.05, 3.63) is 67.9 Å². The van der Waals surface area contributed by atoms with E-state index >= 15 is 0 Å². The number of anilines is 1. The quantitative estimate of drug-likeness (QED) is 0.223. The van der Waals surface area contributed by atoms with Crippen LogP contribution in [0.2, 0.25) is 5.02 Å². The highest BCUT2D eigenvalue weighted by Crippen LogP contribution is 2.43. The Labute approximate surface area is 168 Å². The molecule has 0 radical (unpaired) electrons. The number of hydrogen-bond acceptors (Lipinski definition) is 4. The van der Waals surface area contributed by atoms with Gasteiger partial charge < -0.3 is 15.8 Å². The highest BCUT2D eigenvalue weighted by atomic mass is 35.5. The van der Waals surface area contributed by atoms with E-state index in [4.69, 9.17) is 28.9 Å². The first-order chi connectivity index (χ1) is 13.4. The van der Waals surface area contributed by atoms with Gasteiger partial charge >= 0.3 is 0 Å². The lowest BCUT2D eigenvalue weighted by Gasteiger charge is -2.18. The number of halogens is 2. The molecular formula is C21H12Cl2N2O3. The fraction of sp³-hybridized carbons (Fsp3) is 0.0476. The summed E-state index contributed by atoms with van der Waals surface area (Å²) >= 11 is 12.6. The molecule has 1 aliphatic carbocycles. The summed E-state index contributed by atoms with van der Waals surface area (Å²) in [6.45, 7) is 0. The van der Waals surface area contributed by atoms with Crippen molar-refractivity contribution in [1.82, 2.24) is 4.98 Å². The lowest BCUT2D eigenvalue weighted by Crippen LogP contribution is -2.12. The smallest absolute Gasteiger partial charge is 0.203 e. The molecule has 3 aromatic carbocycles. The first-order valence-corrected chi connectivity index (χ1v) is 9.24. The number of H-pyrrole nitrogens is 1. The van der Waals surface area contributed by atoms with Crippen LogP contribution in [0, 0.1) is 0 Å². The number of phenolic OH excluding ortho intramolecular Hbond substituents is 1. The summed E-state index contributed by atoms with van der Waals surface area (Å²) < 4.78 is 0. The number of nitrogens with two attached hydrogens (primary N) is 1. The van der Waals surface area contributed by atoms with Crippen LogP contribution in [0.3, 0.4) is 0 Å². The van der Waals surface area contributed by atoms with Crippen LogP contribution >= 0.6 is 23.2 Å². The molecule has 4 N–H and O–H groups in total. The van der Waals surface area contributed by atoms with Crippen LogP contribution in [0.25, 0.3) is 32.4 Å². The average Bonchev–Trinajstić information content (AvgIpc) is 2.68. The number of aromatic amines is 1. The summed E-state index contributed by atoms with van der Waals surface area (Å²) in [7, 11) is 0. The fourth-order valence-corrected chi connectivity index (χ4v) is 4.40. The molecular weight excluding hydrogens is 399 g/mol. The number of fused-ring (bicyclic) bond motifs is 5. The third-order valence-electron chi connectivity index (χ3n) is 5.19. The molecule has 5 nitrogen and oxygen atoms in total. The van der Waals surface area contributed by atoms with E-state index in [2.05, 4.69) is 4.98 Å². The monoisotopic (exact) mass is 410 g/mol. The molecule has 0 bridgehead atoms. The molecule has 0 spiro atoms. The van der Waals surface area contributed by atoms with Crippen LogP contribution in [0.4, 0.5) is 5.69 Å². The molecule has 1 aromatic heterocycles. The molecule has 28 heavy (non-hydrogen) atoms. The minimum absolute atomic E-state index is 0.113. The second kappa shape index (κ2) is 5.74. The number of rotatable bonds is 0. The molecule has 0 aliphatic heterocycles. The molecule has 0 atom stereocenters. The number of carbonyl (C=O) groups excluding carboxylic acids is 1. The minimum Gasteiger partial charge on any atom is -0.507 e. The average molecular weight is 411 g/mol. The topological polar surface area (TPSA) is 96.2 Å². The van der Waals surface area contributed by atoms with Crippen molar-refractivity contribution < 1.29 is 9.90 Å². The second-order valence-electron chi connectivity index (χ2n) is 6.79. The number of phenols is 1. The van der Waals surface area contributed by atoms with Crippen LogP contribution < -0.4 is 11.2 Å². The number of aromatic hydroxyl groups is 1. The van der Waals surface area contributed by atoms with Gasteiger partial charge in [-0.2, -0.15) is 0 Å². The number of allylic oxidation sites excluding steroid dienone is 2. The lowest BCUT2D eigenvalue weighted by atomic mass is 9.94. The molecule has 0 saturated carbocycles. The standard InChI is InChI=1S/C21H12Cl2N2O3/c22-9-5-8-6-12-16(23)17(24)14-15(19(12)25-18(8)13(26)7-9)21(28)11-4-2-1-3-10(11)20(14)27/h1-4,6-7,25,27H,5,24H2. The molecule has 4 aromatic rings. The van der Waals surface area contributed by atoms with E-state index in [1.807, 2.05) is 0 Å². The summed E-state index contributed by atoms with van der Waals surface area (Å²) in [6, 6.07) is 8.45. The van der Waals surface area contributed by atoms with Gasteiger partial charge in [0.1, 0.15) is 5.75 Å². The van der Waals surface area contributed by atoms with Gasteiger partial charge in [0.2, 0.25) is 5.78 Å². The van der Waals surface area contributed by atoms with Gasteiger partial charge in [-0.15, -0.1) is 0 Å². The highest BCUT2D eigenvalue weighted by Gasteiger charge is 2.24. The Morgan fingerprint density at radius 3 is 2.50 bits per heavy atom. The van der Waals surface area contributed by atoms with E-state index in [0.717, 1.165) is 0 Å². The number of hydrogen-bond donors (Lipinski definition) is 3. The molecule has 5 rings (SSSR count). The Hall–Kier alpha value is -3.02. The highest BCUT2D eigenvalue weighted by molar-refractivity contribution is 6.42. The van der Waals surface area contributed by atoms with Gasteiger partial charge in [-0.05, 0) is 11.6 Å². The molecule has 0 saturated heterocycles. The van der Waals surface area contributed by atoms with Crippen molar-refractivity contribution in [2.45, 2.75) is 6.42 Å². The molecule has 0 fully saturated rings. The molecule has 0 amide bonds. The number of carbonyl (C=O) groups is 1. The van der Waals surface area contributed by atoms with E-state index < -0.39 is 0 Å². The molecule has 1 aliphatic rings. The molecule has 0 unspecified atom stereocenters. The normalized spacial score (nSPS) is 13.9. The number of pyridine rings is 1. The third kappa shape index (κ3) is 2.14. The first-order valence-electron chi connectivity index (χ1n) is 8.49. The van der Waals surface area contributed by atoms with E-state index in [-0.39, 0.29) is 38.4 Å². The van der Waals surface area contributed by atoms with Gasteiger partial charge in [-0.3, -0.25) is 9.59 Å². The van der Waals surface area contributed by atoms with Crippen molar-refractivity contribution >= 4 is 67.1 Å². The van der Waals surface area contributed by atoms with Crippen LogP contribution in [0.1, 0.15) is 16.1 Å². The maximum absolute atomic E-state index is 13.3. The van der Waals surface area contributed by atoms with Gasteiger partial charge in [0, 0.05) is 33.7 Å². The van der Waals surface area contributed by atoms with Gasteiger partial charge in [0.25, 0.3) is 0 Å². The third-order valence-corrected chi connectivity index (χ3v) is 5.84. The van der Waals surface area contributed by atoms with Crippen LogP contribution in [-0.4, -0.2) is 15.9 Å². The Morgan fingerprint density at radius 2 is 1.75 bits per heavy atom. The van der Waals surface area contributed by atoms with Crippen molar-refractivity contribution in [3.8, 4) is 5.75 Å². The summed E-state index contributed by atoms with van der Waals surface area (Å²) in [5, 5.41) is 13.1. The van der Waals surface area contributed by atoms with E-state index in [0.29, 0.717) is 44.4 Å². The fourth-order valence-electron chi connectivity index (χ4n) is 3.91. The zero-order valence-electron chi connectivity index (χ0n) is 14.3. The van der Waals surface area contributed by atoms with Crippen LogP contribution in [-0.2, 0) is 6.42 Å². The molecule has 7 heteroatoms. The van der Waals surface area contributed by atoms with E-state index in [1.54, 1.807) is 30.3 Å². The lowest BCUT2D eigenvalue weighted by molar-refractivity contribution is 0.103. The van der Waals surface area contributed by atoms with Gasteiger partial charge in [0.15, 0.2) is 5.43 Å². The summed E-state index contributed by atoms with van der Waals surface area (Å²) in [4.78, 5) is 28.7. The van der Waals surface area contributed by atoms with Crippen molar-refractivity contribution in [2.75, 3.05) is 5.73 Å². The van der Waals surface area contributed by atoms with Gasteiger partial charge in [0.05, 0.1) is 32.7 Å². The van der Waals surface area contributed by atoms with E-state index in [1.165, 1.54) is 6.08 Å². The van der Waals surface area contributed by atoms with Gasteiger partial charge in [-0.25, -0.2) is 0 Å². The summed E-state index contributed by atoms with van der Waals surface area (Å²) in [6.07, 6.45) is 1.72. The predicted octanol–water partition coefficient (Wildman–Crippen LogP) is 4.64. The van der Waals surface area contributed by atoms with Gasteiger partial charge in [-0.1, -0.05) is 47.5 Å². The number of nitrogens with one attached hydrogen (secondary N) is 1. The summed E-state index contributed by atoms with van der Waals surface area (Å²) in [5.41, 5.74) is 7.41. The number of aromatic nitrogens is 1. The maximum Gasteiger partial charge on any atom is 0.203 e. The second-order valence-corrected chi connectivity index (χ2v) is 7.65. The largest absolute Gasteiger partial charge is 0.507 e. The Kier molecular flexibility index (Phi) is 3.50. The molecule has 1 heterocycles. The number of nitrogen functional groups attached to an aromatic ring is 1. The Morgan fingerprint density at radius 1 is 1.04 bits per heavy atom. The Balaban J connectivity index is 2.08. The SMILES string of the molecule is Nc1c(Cl)c2cc3c([nH]c2c2c(=O)c4ccccc4c(O)c12)C(=O)C=C(Cl)C3. The van der Waals surface area contributed by atoms with Crippen LogP contribution in [0.15, 0.2) is 46.2 Å². The maximum atomic E-state index is 13.3. The first kappa shape index (κ1) is 17.1. The minimum atomic E-state index is -0.301. The zero-order chi connectivity index (χ0) is 19.7. The molecule has 138 valence electrons. The number of ketones is 1. The van der Waals surface area contributed by atoms with E-state index in [9.17, 15) is 14.7 Å². The van der Waals surface area contributed by atoms with Crippen LogP contribution in [0.5, 0.6) is 5.75 Å². The number of benzene rings is 3.